The summed E-state index contributed by atoms with van der Waals surface area (Å²) in [6.45, 7) is 0.254. The third-order valence-corrected chi connectivity index (χ3v) is 7.17. The highest BCUT2D eigenvalue weighted by atomic mass is 32.2. The predicted molar refractivity (Wildman–Crippen MR) is 110 cm³/mol. The first-order valence-electron chi connectivity index (χ1n) is 9.91. The van der Waals surface area contributed by atoms with E-state index in [1.54, 1.807) is 6.07 Å². The molecular formula is C21H25F4N3O2S. The second-order valence-electron chi connectivity index (χ2n) is 7.75. The summed E-state index contributed by atoms with van der Waals surface area (Å²) in [5.41, 5.74) is 6.36. The number of sulfonamides is 1. The molecule has 2 N–H and O–H groups in total. The van der Waals surface area contributed by atoms with Gasteiger partial charge in [-0.1, -0.05) is 30.3 Å². The fraction of sp³-hybridized carbons (Fsp3) is 0.429. The summed E-state index contributed by atoms with van der Waals surface area (Å²) in [4.78, 5) is 0. The highest BCUT2D eigenvalue weighted by molar-refractivity contribution is 7.88. The number of hydrogen-bond donors (Lipinski definition) is 2. The molecule has 0 aromatic heterocycles. The quantitative estimate of drug-likeness (QED) is 0.586. The first-order chi connectivity index (χ1) is 14.5. The number of hydrazine groups is 1. The maximum absolute atomic E-state index is 13.4. The Kier molecular flexibility index (Phi) is 7.35. The van der Waals surface area contributed by atoms with E-state index in [-0.39, 0.29) is 30.0 Å². The Morgan fingerprint density at radius 1 is 1.10 bits per heavy atom. The van der Waals surface area contributed by atoms with Gasteiger partial charge in [-0.3, -0.25) is 10.9 Å². The zero-order chi connectivity index (χ0) is 22.6. The third kappa shape index (κ3) is 6.49. The van der Waals surface area contributed by atoms with Crippen LogP contribution in [0.25, 0.3) is 0 Å². The van der Waals surface area contributed by atoms with Crippen LogP contribution in [0.5, 0.6) is 0 Å². The van der Waals surface area contributed by atoms with Crippen molar-refractivity contribution in [1.82, 2.24) is 15.2 Å². The van der Waals surface area contributed by atoms with Crippen molar-refractivity contribution >= 4 is 10.0 Å². The molecule has 1 fully saturated rings. The Hall–Kier alpha value is -2.01. The predicted octanol–water partition coefficient (Wildman–Crippen LogP) is 3.99. The molecule has 0 radical (unpaired) electrons. The van der Waals surface area contributed by atoms with Crippen LogP contribution in [0.2, 0.25) is 0 Å². The van der Waals surface area contributed by atoms with Gasteiger partial charge in [0, 0.05) is 25.7 Å². The summed E-state index contributed by atoms with van der Waals surface area (Å²) >= 11 is 0. The number of halogens is 4. The van der Waals surface area contributed by atoms with Crippen LogP contribution in [0.15, 0.2) is 48.5 Å². The summed E-state index contributed by atoms with van der Waals surface area (Å²) < 4.78 is 78.2. The SMILES string of the molecule is CN(CCCC1CC(c2cccc(F)c2)NN1)S(=O)(=O)Cc1cccc(C(F)(F)F)c1. The molecule has 0 aliphatic carbocycles. The minimum absolute atomic E-state index is 0.0249. The summed E-state index contributed by atoms with van der Waals surface area (Å²) in [6, 6.07) is 10.8. The van der Waals surface area contributed by atoms with Crippen LogP contribution in [0, 0.1) is 5.82 Å². The Balaban J connectivity index is 1.48. The molecule has 0 saturated carbocycles. The fourth-order valence-electron chi connectivity index (χ4n) is 3.61. The molecule has 2 aromatic rings. The van der Waals surface area contributed by atoms with E-state index in [0.717, 1.165) is 24.1 Å². The summed E-state index contributed by atoms with van der Waals surface area (Å²) in [7, 11) is -2.31. The van der Waals surface area contributed by atoms with E-state index < -0.39 is 27.5 Å². The Morgan fingerprint density at radius 2 is 1.84 bits per heavy atom. The highest BCUT2D eigenvalue weighted by Crippen LogP contribution is 2.30. The molecule has 0 amide bonds. The van der Waals surface area contributed by atoms with Crippen molar-refractivity contribution in [3.05, 3.63) is 71.0 Å². The largest absolute Gasteiger partial charge is 0.416 e. The van der Waals surface area contributed by atoms with Gasteiger partial charge in [-0.2, -0.15) is 13.2 Å². The zero-order valence-electron chi connectivity index (χ0n) is 17.0. The van der Waals surface area contributed by atoms with Gasteiger partial charge in [-0.05, 0) is 48.6 Å². The minimum atomic E-state index is -4.52. The minimum Gasteiger partial charge on any atom is -0.254 e. The average Bonchev–Trinajstić information content (AvgIpc) is 3.16. The van der Waals surface area contributed by atoms with Crippen LogP contribution in [0.4, 0.5) is 17.6 Å². The van der Waals surface area contributed by atoms with Gasteiger partial charge < -0.3 is 0 Å². The molecule has 10 heteroatoms. The number of rotatable bonds is 8. The molecule has 3 rings (SSSR count). The van der Waals surface area contributed by atoms with Crippen LogP contribution in [0.1, 0.15) is 42.0 Å². The zero-order valence-corrected chi connectivity index (χ0v) is 17.8. The van der Waals surface area contributed by atoms with E-state index in [2.05, 4.69) is 10.9 Å². The van der Waals surface area contributed by atoms with Crippen molar-refractivity contribution in [2.75, 3.05) is 13.6 Å². The number of hydrogen-bond acceptors (Lipinski definition) is 4. The molecule has 31 heavy (non-hydrogen) atoms. The summed E-state index contributed by atoms with van der Waals surface area (Å²) in [5, 5.41) is 0. The molecule has 0 bridgehead atoms. The lowest BCUT2D eigenvalue weighted by Gasteiger charge is -2.18. The Labute approximate surface area is 179 Å². The smallest absolute Gasteiger partial charge is 0.254 e. The van der Waals surface area contributed by atoms with Gasteiger partial charge in [0.25, 0.3) is 0 Å². The van der Waals surface area contributed by atoms with E-state index >= 15 is 0 Å². The number of benzene rings is 2. The fourth-order valence-corrected chi connectivity index (χ4v) is 4.84. The van der Waals surface area contributed by atoms with Crippen molar-refractivity contribution in [3.8, 4) is 0 Å². The third-order valence-electron chi connectivity index (χ3n) is 5.34. The van der Waals surface area contributed by atoms with E-state index in [1.165, 1.54) is 35.6 Å². The van der Waals surface area contributed by atoms with Gasteiger partial charge in [0.05, 0.1) is 11.3 Å². The van der Waals surface area contributed by atoms with E-state index in [9.17, 15) is 26.0 Å². The molecule has 0 spiro atoms. The summed E-state index contributed by atoms with van der Waals surface area (Å²) in [5.74, 6) is -0.784. The Morgan fingerprint density at radius 3 is 2.55 bits per heavy atom. The molecule has 1 aliphatic heterocycles. The molecule has 2 atom stereocenters. The van der Waals surface area contributed by atoms with Crippen molar-refractivity contribution in [2.24, 2.45) is 0 Å². The van der Waals surface area contributed by atoms with Gasteiger partial charge in [-0.25, -0.2) is 17.1 Å². The van der Waals surface area contributed by atoms with Crippen LogP contribution < -0.4 is 10.9 Å². The average molecular weight is 460 g/mol. The number of nitrogens with one attached hydrogen (secondary N) is 2. The van der Waals surface area contributed by atoms with Crippen LogP contribution in [-0.4, -0.2) is 32.4 Å². The maximum atomic E-state index is 13.4. The first-order valence-corrected chi connectivity index (χ1v) is 11.5. The molecule has 170 valence electrons. The van der Waals surface area contributed by atoms with Crippen LogP contribution >= 0.6 is 0 Å². The summed E-state index contributed by atoms with van der Waals surface area (Å²) in [6.07, 6.45) is -2.50. The highest BCUT2D eigenvalue weighted by Gasteiger charge is 2.31. The standard InChI is InChI=1S/C21H25F4N3O2S/c1-28(31(29,30)14-15-5-2-7-17(11-15)21(23,24)25)10-4-9-19-13-20(27-26-19)16-6-3-8-18(22)12-16/h2-3,5-8,11-12,19-20,26-27H,4,9-10,13-14H2,1H3. The molecule has 1 heterocycles. The lowest BCUT2D eigenvalue weighted by Crippen LogP contribution is -2.33. The molecule has 1 aliphatic rings. The first kappa shape index (κ1) is 23.6. The molecule has 2 unspecified atom stereocenters. The van der Waals surface area contributed by atoms with Crippen LogP contribution in [0.3, 0.4) is 0 Å². The monoisotopic (exact) mass is 459 g/mol. The molecular weight excluding hydrogens is 434 g/mol. The van der Waals surface area contributed by atoms with E-state index in [1.807, 2.05) is 6.07 Å². The lowest BCUT2D eigenvalue weighted by molar-refractivity contribution is -0.137. The number of alkyl halides is 3. The lowest BCUT2D eigenvalue weighted by atomic mass is 10.00. The normalized spacial score (nSPS) is 19.8. The van der Waals surface area contributed by atoms with Gasteiger partial charge >= 0.3 is 6.18 Å². The maximum Gasteiger partial charge on any atom is 0.416 e. The topological polar surface area (TPSA) is 61.4 Å². The van der Waals surface area contributed by atoms with E-state index in [0.29, 0.717) is 12.8 Å². The van der Waals surface area contributed by atoms with Crippen molar-refractivity contribution < 1.29 is 26.0 Å². The van der Waals surface area contributed by atoms with E-state index in [4.69, 9.17) is 0 Å². The van der Waals surface area contributed by atoms with Crippen LogP contribution in [-0.2, 0) is 22.0 Å². The van der Waals surface area contributed by atoms with Crippen molar-refractivity contribution in [3.63, 3.8) is 0 Å². The second-order valence-corrected chi connectivity index (χ2v) is 9.82. The van der Waals surface area contributed by atoms with Gasteiger partial charge in [-0.15, -0.1) is 0 Å². The van der Waals surface area contributed by atoms with Gasteiger partial charge in [0.1, 0.15) is 5.82 Å². The van der Waals surface area contributed by atoms with Crippen molar-refractivity contribution in [2.45, 2.75) is 43.3 Å². The van der Waals surface area contributed by atoms with Gasteiger partial charge in [0.15, 0.2) is 0 Å². The Bertz CT molecular complexity index is 998. The molecule has 5 nitrogen and oxygen atoms in total. The molecule has 2 aromatic carbocycles. The number of nitrogens with zero attached hydrogens (tertiary/aromatic N) is 1. The second kappa shape index (κ2) is 9.64. The molecule has 1 saturated heterocycles. The van der Waals surface area contributed by atoms with Crippen molar-refractivity contribution in [1.29, 1.82) is 0 Å². The van der Waals surface area contributed by atoms with Gasteiger partial charge in [0.2, 0.25) is 10.0 Å².